The van der Waals surface area contributed by atoms with Crippen LogP contribution in [-0.2, 0) is 13.1 Å². The lowest BCUT2D eigenvalue weighted by Crippen LogP contribution is -2.24. The van der Waals surface area contributed by atoms with Crippen molar-refractivity contribution in [3.05, 3.63) is 64.7 Å². The SMILES string of the molecule is COc1ccc(F)cc1C(=O)NCc1ccc(-c2nn(CC(F)(F)F)c(N)c2C=O)cc1F. The lowest BCUT2D eigenvalue weighted by molar-refractivity contribution is -0.142. The number of rotatable bonds is 7. The Bertz CT molecular complexity index is 1210. The normalized spacial score (nSPS) is 11.3. The number of aldehydes is 1. The molecule has 0 atom stereocenters. The summed E-state index contributed by atoms with van der Waals surface area (Å²) in [4.78, 5) is 23.7. The molecule has 0 fully saturated rings. The zero-order valence-corrected chi connectivity index (χ0v) is 17.0. The van der Waals surface area contributed by atoms with Crippen molar-refractivity contribution in [3.63, 3.8) is 0 Å². The number of ether oxygens (including phenoxy) is 1. The molecule has 1 heterocycles. The van der Waals surface area contributed by atoms with Crippen molar-refractivity contribution in [2.45, 2.75) is 19.3 Å². The Morgan fingerprint density at radius 3 is 2.55 bits per heavy atom. The highest BCUT2D eigenvalue weighted by atomic mass is 19.4. The van der Waals surface area contributed by atoms with Crippen LogP contribution in [0.25, 0.3) is 11.3 Å². The molecule has 2 aromatic carbocycles. The monoisotopic (exact) mass is 468 g/mol. The second kappa shape index (κ2) is 9.27. The molecule has 0 spiro atoms. The zero-order chi connectivity index (χ0) is 24.3. The molecular weight excluding hydrogens is 451 g/mol. The molecule has 0 unspecified atom stereocenters. The van der Waals surface area contributed by atoms with Crippen LogP contribution in [0, 0.1) is 11.6 Å². The molecule has 0 saturated carbocycles. The maximum atomic E-state index is 14.6. The number of carbonyl (C=O) groups is 2. The van der Waals surface area contributed by atoms with Gasteiger partial charge in [0.25, 0.3) is 5.91 Å². The lowest BCUT2D eigenvalue weighted by atomic mass is 10.1. The van der Waals surface area contributed by atoms with E-state index in [0.29, 0.717) is 4.68 Å². The highest BCUT2D eigenvalue weighted by Gasteiger charge is 2.31. The third kappa shape index (κ3) is 5.27. The summed E-state index contributed by atoms with van der Waals surface area (Å²) in [5, 5.41) is 6.14. The second-order valence-corrected chi connectivity index (χ2v) is 6.87. The van der Waals surface area contributed by atoms with E-state index in [1.807, 2.05) is 0 Å². The third-order valence-electron chi connectivity index (χ3n) is 4.65. The maximum absolute atomic E-state index is 14.6. The van der Waals surface area contributed by atoms with Gasteiger partial charge in [0, 0.05) is 17.7 Å². The summed E-state index contributed by atoms with van der Waals surface area (Å²) >= 11 is 0. The Kier molecular flexibility index (Phi) is 6.65. The van der Waals surface area contributed by atoms with Crippen LogP contribution < -0.4 is 15.8 Å². The van der Waals surface area contributed by atoms with Crippen LogP contribution in [-0.4, -0.2) is 35.3 Å². The number of anilines is 1. The number of amides is 1. The number of nitrogens with one attached hydrogen (secondary N) is 1. The van der Waals surface area contributed by atoms with Crippen molar-refractivity contribution in [1.29, 1.82) is 0 Å². The van der Waals surface area contributed by atoms with Crippen molar-refractivity contribution < 1.29 is 36.3 Å². The van der Waals surface area contributed by atoms with Crippen LogP contribution in [0.4, 0.5) is 27.8 Å². The standard InChI is InChI=1S/C21H17F5N4O3/c1-33-17-5-4-13(22)7-14(17)20(32)28-8-12-3-2-11(6-16(12)23)18-15(9-31)19(27)30(29-18)10-21(24,25)26/h2-7,9H,8,10,27H2,1H3,(H,28,32). The van der Waals surface area contributed by atoms with E-state index >= 15 is 0 Å². The molecule has 0 saturated heterocycles. The lowest BCUT2D eigenvalue weighted by Gasteiger charge is -2.10. The number of methoxy groups -OCH3 is 1. The van der Waals surface area contributed by atoms with Gasteiger partial charge in [0.05, 0.1) is 18.2 Å². The van der Waals surface area contributed by atoms with Gasteiger partial charge in [-0.2, -0.15) is 18.3 Å². The molecule has 0 aliphatic rings. The van der Waals surface area contributed by atoms with Crippen LogP contribution >= 0.6 is 0 Å². The topological polar surface area (TPSA) is 99.2 Å². The quantitative estimate of drug-likeness (QED) is 0.407. The van der Waals surface area contributed by atoms with Crippen molar-refractivity contribution in [2.24, 2.45) is 0 Å². The van der Waals surface area contributed by atoms with Gasteiger partial charge in [0.15, 0.2) is 6.29 Å². The minimum atomic E-state index is -4.63. The van der Waals surface area contributed by atoms with E-state index in [2.05, 4.69) is 10.4 Å². The largest absolute Gasteiger partial charge is 0.496 e. The van der Waals surface area contributed by atoms with Crippen LogP contribution in [0.3, 0.4) is 0 Å². The molecule has 0 aliphatic heterocycles. The average molecular weight is 468 g/mol. The fourth-order valence-corrected chi connectivity index (χ4v) is 3.07. The first-order valence-electron chi connectivity index (χ1n) is 9.32. The van der Waals surface area contributed by atoms with Crippen molar-refractivity contribution in [2.75, 3.05) is 12.8 Å². The molecule has 0 radical (unpaired) electrons. The minimum Gasteiger partial charge on any atom is -0.496 e. The predicted octanol–water partition coefficient (Wildman–Crippen LogP) is 3.72. The van der Waals surface area contributed by atoms with E-state index in [4.69, 9.17) is 10.5 Å². The van der Waals surface area contributed by atoms with Gasteiger partial charge in [-0.05, 0) is 24.3 Å². The van der Waals surface area contributed by atoms with Crippen LogP contribution in [0.1, 0.15) is 26.3 Å². The molecular formula is C21H17F5N4O3. The highest BCUT2D eigenvalue weighted by Crippen LogP contribution is 2.29. The predicted molar refractivity (Wildman–Crippen MR) is 108 cm³/mol. The van der Waals surface area contributed by atoms with Crippen molar-refractivity contribution in [3.8, 4) is 17.0 Å². The number of nitrogen functional groups attached to an aromatic ring is 1. The molecule has 7 nitrogen and oxygen atoms in total. The number of benzene rings is 2. The summed E-state index contributed by atoms with van der Waals surface area (Å²) < 4.78 is 71.6. The minimum absolute atomic E-state index is 0.0177. The molecule has 0 bridgehead atoms. The van der Waals surface area contributed by atoms with Crippen molar-refractivity contribution >= 4 is 18.0 Å². The van der Waals surface area contributed by atoms with Crippen molar-refractivity contribution in [1.82, 2.24) is 15.1 Å². The fraction of sp³-hybridized carbons (Fsp3) is 0.190. The van der Waals surface area contributed by atoms with Gasteiger partial charge in [-0.1, -0.05) is 12.1 Å². The highest BCUT2D eigenvalue weighted by molar-refractivity contribution is 5.97. The first kappa shape index (κ1) is 23.7. The van der Waals surface area contributed by atoms with Gasteiger partial charge in [0.1, 0.15) is 35.4 Å². The van der Waals surface area contributed by atoms with Gasteiger partial charge >= 0.3 is 6.18 Å². The summed E-state index contributed by atoms with van der Waals surface area (Å²) in [6.07, 6.45) is -4.39. The second-order valence-electron chi connectivity index (χ2n) is 6.87. The van der Waals surface area contributed by atoms with Gasteiger partial charge < -0.3 is 15.8 Å². The molecule has 1 aromatic heterocycles. The zero-order valence-electron chi connectivity index (χ0n) is 17.0. The van der Waals surface area contributed by atoms with Crippen LogP contribution in [0.15, 0.2) is 36.4 Å². The molecule has 174 valence electrons. The number of nitrogens with two attached hydrogens (primary N) is 1. The van der Waals surface area contributed by atoms with Gasteiger partial charge in [-0.3, -0.25) is 9.59 Å². The Morgan fingerprint density at radius 1 is 1.21 bits per heavy atom. The summed E-state index contributed by atoms with van der Waals surface area (Å²) in [5.74, 6) is -2.57. The molecule has 3 N–H and O–H groups in total. The van der Waals surface area contributed by atoms with E-state index in [1.54, 1.807) is 0 Å². The number of halogens is 5. The van der Waals surface area contributed by atoms with E-state index in [9.17, 15) is 31.5 Å². The van der Waals surface area contributed by atoms with E-state index < -0.39 is 36.1 Å². The van der Waals surface area contributed by atoms with Crippen LogP contribution in [0.2, 0.25) is 0 Å². The molecule has 12 heteroatoms. The summed E-state index contributed by atoms with van der Waals surface area (Å²) in [6.45, 7) is -1.80. The summed E-state index contributed by atoms with van der Waals surface area (Å²) in [7, 11) is 1.30. The number of hydrogen-bond acceptors (Lipinski definition) is 5. The molecule has 1 amide bonds. The average Bonchev–Trinajstić information content (AvgIpc) is 3.06. The third-order valence-corrected chi connectivity index (χ3v) is 4.65. The molecule has 33 heavy (non-hydrogen) atoms. The Morgan fingerprint density at radius 2 is 1.94 bits per heavy atom. The van der Waals surface area contributed by atoms with E-state index in [1.165, 1.54) is 25.3 Å². The number of carbonyl (C=O) groups excluding carboxylic acids is 2. The molecule has 0 aliphatic carbocycles. The molecule has 3 aromatic rings. The fourth-order valence-electron chi connectivity index (χ4n) is 3.07. The van der Waals surface area contributed by atoms with Crippen LogP contribution in [0.5, 0.6) is 5.75 Å². The number of aromatic nitrogens is 2. The number of hydrogen-bond donors (Lipinski definition) is 2. The Hall–Kier alpha value is -3.96. The van der Waals surface area contributed by atoms with E-state index in [-0.39, 0.29) is 46.5 Å². The number of nitrogens with zero attached hydrogens (tertiary/aromatic N) is 2. The Labute approximate surface area is 183 Å². The van der Waals surface area contributed by atoms with E-state index in [0.717, 1.165) is 18.2 Å². The summed E-state index contributed by atoms with van der Waals surface area (Å²) in [5.41, 5.74) is 5.02. The molecule has 3 rings (SSSR count). The summed E-state index contributed by atoms with van der Waals surface area (Å²) in [6, 6.07) is 6.90. The first-order valence-corrected chi connectivity index (χ1v) is 9.32. The van der Waals surface area contributed by atoms with Gasteiger partial charge in [-0.15, -0.1) is 0 Å². The Balaban J connectivity index is 1.83. The van der Waals surface area contributed by atoms with Gasteiger partial charge in [-0.25, -0.2) is 13.5 Å². The first-order chi connectivity index (χ1) is 15.5. The van der Waals surface area contributed by atoms with Gasteiger partial charge in [0.2, 0.25) is 0 Å². The smallest absolute Gasteiger partial charge is 0.408 e. The number of alkyl halides is 3. The maximum Gasteiger partial charge on any atom is 0.408 e.